The van der Waals surface area contributed by atoms with E-state index in [9.17, 15) is 14.0 Å². The number of carbonyl (C=O) groups is 1. The highest BCUT2D eigenvalue weighted by molar-refractivity contribution is 6.30. The summed E-state index contributed by atoms with van der Waals surface area (Å²) in [6, 6.07) is 5.32. The first kappa shape index (κ1) is 13.2. The second-order valence-electron chi connectivity index (χ2n) is 3.79. The summed E-state index contributed by atoms with van der Waals surface area (Å²) in [6.07, 6.45) is 0. The Morgan fingerprint density at radius 3 is 2.79 bits per heavy atom. The molecule has 0 aliphatic rings. The average molecular weight is 283 g/mol. The zero-order chi connectivity index (χ0) is 14.2. The Hall–Kier alpha value is -2.21. The highest BCUT2D eigenvalue weighted by Crippen LogP contribution is 2.21. The highest BCUT2D eigenvalue weighted by atomic mass is 35.5. The van der Waals surface area contributed by atoms with Gasteiger partial charge in [-0.05, 0) is 19.1 Å². The molecule has 0 unspecified atom stereocenters. The number of aromatic carboxylic acids is 1. The van der Waals surface area contributed by atoms with Gasteiger partial charge in [0.05, 0.1) is 5.02 Å². The smallest absolute Gasteiger partial charge is 0.360 e. The van der Waals surface area contributed by atoms with Crippen LogP contribution in [0.15, 0.2) is 29.1 Å². The molecule has 0 radical (unpaired) electrons. The maximum absolute atomic E-state index is 13.9. The molecule has 0 fully saturated rings. The van der Waals surface area contributed by atoms with Crippen molar-refractivity contribution >= 4 is 17.6 Å². The van der Waals surface area contributed by atoms with Crippen LogP contribution in [-0.4, -0.2) is 20.9 Å². The van der Waals surface area contributed by atoms with E-state index >= 15 is 0 Å². The van der Waals surface area contributed by atoms with Crippen molar-refractivity contribution in [3.05, 3.63) is 56.7 Å². The van der Waals surface area contributed by atoms with Crippen LogP contribution in [0.3, 0.4) is 0 Å². The van der Waals surface area contributed by atoms with E-state index in [4.69, 9.17) is 16.7 Å². The molecule has 19 heavy (non-hydrogen) atoms. The monoisotopic (exact) mass is 282 g/mol. The van der Waals surface area contributed by atoms with Gasteiger partial charge in [-0.2, -0.15) is 5.10 Å². The fourth-order valence-electron chi connectivity index (χ4n) is 1.60. The van der Waals surface area contributed by atoms with Gasteiger partial charge in [-0.3, -0.25) is 4.79 Å². The second kappa shape index (κ2) is 4.81. The number of aryl methyl sites for hydroxylation is 1. The van der Waals surface area contributed by atoms with Crippen LogP contribution in [0.25, 0.3) is 5.69 Å². The summed E-state index contributed by atoms with van der Waals surface area (Å²) >= 11 is 5.66. The summed E-state index contributed by atoms with van der Waals surface area (Å²) in [4.78, 5) is 22.3. The number of hydrogen-bond donors (Lipinski definition) is 1. The molecule has 0 aliphatic heterocycles. The molecule has 2 rings (SSSR count). The zero-order valence-electron chi connectivity index (χ0n) is 9.72. The molecule has 0 aliphatic carbocycles. The van der Waals surface area contributed by atoms with Crippen molar-refractivity contribution in [2.75, 3.05) is 0 Å². The second-order valence-corrected chi connectivity index (χ2v) is 4.20. The van der Waals surface area contributed by atoms with Crippen LogP contribution in [0.4, 0.5) is 4.39 Å². The average Bonchev–Trinajstić information content (AvgIpc) is 2.33. The van der Waals surface area contributed by atoms with E-state index in [1.54, 1.807) is 0 Å². The summed E-state index contributed by atoms with van der Waals surface area (Å²) in [5.74, 6) is -2.21. The standard InChI is InChI=1S/C12H8ClFN2O3/c1-6-5-9(17)11(12(18)19)15-16(6)8-4-2-3-7(13)10(8)14/h2-5H,1H3,(H,18,19). The maximum Gasteiger partial charge on any atom is 0.360 e. The lowest BCUT2D eigenvalue weighted by Crippen LogP contribution is -2.23. The molecule has 1 heterocycles. The molecule has 5 nitrogen and oxygen atoms in total. The van der Waals surface area contributed by atoms with Gasteiger partial charge in [0, 0.05) is 11.8 Å². The van der Waals surface area contributed by atoms with E-state index in [1.165, 1.54) is 25.1 Å². The number of benzene rings is 1. The molecule has 1 aromatic heterocycles. The number of aromatic nitrogens is 2. The molecular weight excluding hydrogens is 275 g/mol. The summed E-state index contributed by atoms with van der Waals surface area (Å²) in [5, 5.41) is 12.4. The molecule has 0 bridgehead atoms. The predicted molar refractivity (Wildman–Crippen MR) is 66.5 cm³/mol. The molecule has 7 heteroatoms. The molecule has 0 spiro atoms. The molecule has 98 valence electrons. The number of carboxylic acid groups (broad SMARTS) is 1. The van der Waals surface area contributed by atoms with Crippen LogP contribution < -0.4 is 5.43 Å². The van der Waals surface area contributed by atoms with Crippen molar-refractivity contribution in [1.82, 2.24) is 9.78 Å². The summed E-state index contributed by atoms with van der Waals surface area (Å²) < 4.78 is 14.9. The fourth-order valence-corrected chi connectivity index (χ4v) is 1.76. The lowest BCUT2D eigenvalue weighted by molar-refractivity contribution is 0.0686. The minimum absolute atomic E-state index is 0.0208. The first-order valence-electron chi connectivity index (χ1n) is 5.20. The van der Waals surface area contributed by atoms with Crippen LogP contribution >= 0.6 is 11.6 Å². The van der Waals surface area contributed by atoms with Crippen molar-refractivity contribution in [2.24, 2.45) is 0 Å². The number of hydrogen-bond acceptors (Lipinski definition) is 3. The van der Waals surface area contributed by atoms with Crippen LogP contribution in [0.5, 0.6) is 0 Å². The van der Waals surface area contributed by atoms with Crippen molar-refractivity contribution in [3.63, 3.8) is 0 Å². The van der Waals surface area contributed by atoms with Crippen molar-refractivity contribution in [2.45, 2.75) is 6.92 Å². The molecule has 0 atom stereocenters. The lowest BCUT2D eigenvalue weighted by Gasteiger charge is -2.11. The number of nitrogens with zero attached hydrogens (tertiary/aromatic N) is 2. The Labute approximate surface area is 111 Å². The van der Waals surface area contributed by atoms with E-state index in [2.05, 4.69) is 5.10 Å². The lowest BCUT2D eigenvalue weighted by atomic mass is 10.2. The van der Waals surface area contributed by atoms with E-state index < -0.39 is 22.9 Å². The SMILES string of the molecule is Cc1cc(=O)c(C(=O)O)nn1-c1cccc(Cl)c1F. The quantitative estimate of drug-likeness (QED) is 0.915. The van der Waals surface area contributed by atoms with E-state index in [0.717, 1.165) is 10.7 Å². The van der Waals surface area contributed by atoms with E-state index in [-0.39, 0.29) is 10.7 Å². The van der Waals surface area contributed by atoms with Gasteiger partial charge < -0.3 is 5.11 Å². The Kier molecular flexibility index (Phi) is 3.35. The number of rotatable bonds is 2. The maximum atomic E-state index is 13.9. The van der Waals surface area contributed by atoms with Gasteiger partial charge in [0.15, 0.2) is 5.82 Å². The van der Waals surface area contributed by atoms with Crippen LogP contribution in [0.2, 0.25) is 5.02 Å². The topological polar surface area (TPSA) is 72.2 Å². The zero-order valence-corrected chi connectivity index (χ0v) is 10.5. The minimum Gasteiger partial charge on any atom is -0.476 e. The first-order valence-corrected chi connectivity index (χ1v) is 5.58. The van der Waals surface area contributed by atoms with E-state index in [1.807, 2.05) is 0 Å². The Morgan fingerprint density at radius 2 is 2.16 bits per heavy atom. The Morgan fingerprint density at radius 1 is 1.47 bits per heavy atom. The van der Waals surface area contributed by atoms with Crippen molar-refractivity contribution < 1.29 is 14.3 Å². The number of halogens is 2. The summed E-state index contributed by atoms with van der Waals surface area (Å²) in [5.41, 5.74) is -1.13. The molecule has 2 aromatic rings. The third-order valence-corrected chi connectivity index (χ3v) is 2.76. The first-order chi connectivity index (χ1) is 8.91. The normalized spacial score (nSPS) is 10.5. The minimum atomic E-state index is -1.47. The van der Waals surface area contributed by atoms with Crippen molar-refractivity contribution in [1.29, 1.82) is 0 Å². The summed E-state index contributed by atoms with van der Waals surface area (Å²) in [7, 11) is 0. The van der Waals surface area contributed by atoms with Gasteiger partial charge in [-0.15, -0.1) is 0 Å². The molecule has 1 aromatic carbocycles. The van der Waals surface area contributed by atoms with Gasteiger partial charge in [0.2, 0.25) is 11.1 Å². The van der Waals surface area contributed by atoms with Gasteiger partial charge in [0.25, 0.3) is 0 Å². The van der Waals surface area contributed by atoms with Crippen molar-refractivity contribution in [3.8, 4) is 5.69 Å². The Bertz CT molecular complexity index is 727. The fraction of sp³-hybridized carbons (Fsp3) is 0.0833. The highest BCUT2D eigenvalue weighted by Gasteiger charge is 2.16. The molecule has 0 saturated heterocycles. The van der Waals surface area contributed by atoms with E-state index in [0.29, 0.717) is 5.69 Å². The molecule has 1 N–H and O–H groups in total. The molecule has 0 saturated carbocycles. The largest absolute Gasteiger partial charge is 0.476 e. The van der Waals surface area contributed by atoms with Gasteiger partial charge in [0.1, 0.15) is 5.69 Å². The van der Waals surface area contributed by atoms with Gasteiger partial charge >= 0.3 is 5.97 Å². The van der Waals surface area contributed by atoms with Crippen LogP contribution in [0.1, 0.15) is 16.2 Å². The predicted octanol–water partition coefficient (Wildman–Crippen LogP) is 2.03. The van der Waals surface area contributed by atoms with Crippen LogP contribution in [-0.2, 0) is 0 Å². The number of carboxylic acids is 1. The van der Waals surface area contributed by atoms with Gasteiger partial charge in [-0.1, -0.05) is 17.7 Å². The van der Waals surface area contributed by atoms with Crippen LogP contribution in [0, 0.1) is 12.7 Å². The molecule has 0 amide bonds. The Balaban J connectivity index is 2.76. The molecular formula is C12H8ClFN2O3. The van der Waals surface area contributed by atoms with Gasteiger partial charge in [-0.25, -0.2) is 13.9 Å². The summed E-state index contributed by atoms with van der Waals surface area (Å²) in [6.45, 7) is 1.51. The third kappa shape index (κ3) is 2.34. The third-order valence-electron chi connectivity index (χ3n) is 2.47.